The molecule has 0 spiro atoms. The summed E-state index contributed by atoms with van der Waals surface area (Å²) in [5.74, 6) is -0.923. The van der Waals surface area contributed by atoms with Crippen LogP contribution in [0.1, 0.15) is 39.5 Å². The fourth-order valence-corrected chi connectivity index (χ4v) is 2.06. The summed E-state index contributed by atoms with van der Waals surface area (Å²) >= 11 is 0. The highest BCUT2D eigenvalue weighted by Crippen LogP contribution is 2.12. The number of rotatable bonds is 8. The van der Waals surface area contributed by atoms with Crippen molar-refractivity contribution in [2.24, 2.45) is 0 Å². The van der Waals surface area contributed by atoms with E-state index in [2.05, 4.69) is 5.32 Å². The lowest BCUT2D eigenvalue weighted by atomic mass is 10.0. The van der Waals surface area contributed by atoms with E-state index in [0.29, 0.717) is 17.3 Å². The van der Waals surface area contributed by atoms with Crippen molar-refractivity contribution in [2.75, 3.05) is 21.1 Å². The van der Waals surface area contributed by atoms with Gasteiger partial charge in [-0.05, 0) is 12.8 Å². The van der Waals surface area contributed by atoms with E-state index in [1.807, 2.05) is 35.0 Å². The van der Waals surface area contributed by atoms with Crippen molar-refractivity contribution in [1.29, 1.82) is 0 Å². The second kappa shape index (κ2) is 7.36. The van der Waals surface area contributed by atoms with E-state index in [4.69, 9.17) is 0 Å². The zero-order valence-corrected chi connectivity index (χ0v) is 12.2. The highest BCUT2D eigenvalue weighted by atomic mass is 16.4. The van der Waals surface area contributed by atoms with Gasteiger partial charge in [0.1, 0.15) is 0 Å². The van der Waals surface area contributed by atoms with Gasteiger partial charge >= 0.3 is 5.97 Å². The minimum atomic E-state index is -0.870. The maximum atomic E-state index is 11.7. The minimum absolute atomic E-state index is 0.0524. The van der Waals surface area contributed by atoms with Gasteiger partial charge in [0.05, 0.1) is 27.2 Å². The summed E-state index contributed by atoms with van der Waals surface area (Å²) in [6, 6.07) is -0.951. The Kier molecular flexibility index (Phi) is 6.91. The van der Waals surface area contributed by atoms with Crippen LogP contribution in [0.3, 0.4) is 0 Å². The summed E-state index contributed by atoms with van der Waals surface area (Å²) in [6.07, 6.45) is 2.88. The van der Waals surface area contributed by atoms with Crippen LogP contribution >= 0.6 is 0 Å². The molecule has 0 saturated heterocycles. The van der Waals surface area contributed by atoms with E-state index < -0.39 is 12.0 Å². The van der Waals surface area contributed by atoms with Crippen molar-refractivity contribution in [1.82, 2.24) is 5.32 Å². The fraction of sp³-hybridized carbons (Fsp3) is 0.846. The quantitative estimate of drug-likeness (QED) is 0.644. The molecule has 0 heterocycles. The van der Waals surface area contributed by atoms with Crippen LogP contribution in [0, 0.1) is 0 Å². The van der Waals surface area contributed by atoms with Gasteiger partial charge in [-0.25, -0.2) is 4.79 Å². The molecule has 0 rings (SSSR count). The topological polar surface area (TPSA) is 66.4 Å². The van der Waals surface area contributed by atoms with Crippen LogP contribution in [0.4, 0.5) is 0 Å². The Morgan fingerprint density at radius 1 is 1.22 bits per heavy atom. The predicted octanol–water partition coefficient (Wildman–Crippen LogP) is 1.23. The third-order valence-corrected chi connectivity index (χ3v) is 3.01. The number of hydrogen-bond donors (Lipinski definition) is 2. The van der Waals surface area contributed by atoms with E-state index in [1.54, 1.807) is 0 Å². The van der Waals surface area contributed by atoms with Crippen LogP contribution in [-0.4, -0.2) is 54.7 Å². The Labute approximate surface area is 110 Å². The molecule has 106 valence electrons. The zero-order chi connectivity index (χ0) is 14.3. The molecule has 0 aliphatic rings. The number of nitrogens with one attached hydrogen (secondary N) is 1. The standard InChI is InChI=1S/C13H26N2O3/c1-6-8-9-11(16)14-10(7-2)12(13(17)18)15(3,4)5/h10,12H,6-9H2,1-5H3,(H-,14,16,17,18)/p+1. The molecule has 0 aromatic heterocycles. The SMILES string of the molecule is CCCCC(=O)NC(CC)C(C(=O)O)[N+](C)(C)C. The summed E-state index contributed by atoms with van der Waals surface area (Å²) in [6.45, 7) is 3.92. The van der Waals surface area contributed by atoms with Crippen molar-refractivity contribution in [3.63, 3.8) is 0 Å². The molecule has 0 fully saturated rings. The summed E-state index contributed by atoms with van der Waals surface area (Å²) in [5.41, 5.74) is 0. The lowest BCUT2D eigenvalue weighted by Crippen LogP contribution is -2.60. The summed E-state index contributed by atoms with van der Waals surface area (Å²) < 4.78 is 0.294. The van der Waals surface area contributed by atoms with E-state index >= 15 is 0 Å². The van der Waals surface area contributed by atoms with Crippen LogP contribution in [0.25, 0.3) is 0 Å². The number of carboxylic acid groups (broad SMARTS) is 1. The van der Waals surface area contributed by atoms with E-state index in [0.717, 1.165) is 12.8 Å². The number of carbonyl (C=O) groups excluding carboxylic acids is 1. The number of quaternary nitrogens is 1. The van der Waals surface area contributed by atoms with Crippen LogP contribution < -0.4 is 5.32 Å². The Hall–Kier alpha value is -1.10. The molecule has 0 aliphatic heterocycles. The van der Waals surface area contributed by atoms with Crippen LogP contribution in [0.5, 0.6) is 0 Å². The number of carbonyl (C=O) groups is 2. The number of aliphatic carboxylic acids is 1. The van der Waals surface area contributed by atoms with Crippen molar-refractivity contribution < 1.29 is 19.2 Å². The Morgan fingerprint density at radius 3 is 2.11 bits per heavy atom. The summed E-state index contributed by atoms with van der Waals surface area (Å²) in [5, 5.41) is 12.2. The van der Waals surface area contributed by atoms with Gasteiger partial charge in [-0.3, -0.25) is 4.79 Å². The molecule has 1 amide bonds. The third kappa shape index (κ3) is 5.49. The molecule has 0 aliphatic carbocycles. The molecule has 0 aromatic carbocycles. The maximum Gasteiger partial charge on any atom is 0.364 e. The first-order valence-electron chi connectivity index (χ1n) is 6.57. The minimum Gasteiger partial charge on any atom is -0.477 e. The molecule has 0 saturated carbocycles. The second-order valence-corrected chi connectivity index (χ2v) is 5.59. The van der Waals surface area contributed by atoms with Gasteiger partial charge in [-0.1, -0.05) is 20.3 Å². The molecular weight excluding hydrogens is 232 g/mol. The number of likely N-dealkylation sites (N-methyl/N-ethyl adjacent to an activating group) is 1. The summed E-state index contributed by atoms with van der Waals surface area (Å²) in [4.78, 5) is 23.1. The number of amides is 1. The van der Waals surface area contributed by atoms with Gasteiger partial charge in [-0.2, -0.15) is 0 Å². The molecule has 2 unspecified atom stereocenters. The molecule has 2 N–H and O–H groups in total. The molecule has 5 heteroatoms. The lowest BCUT2D eigenvalue weighted by Gasteiger charge is -2.36. The van der Waals surface area contributed by atoms with Crippen LogP contribution in [0.2, 0.25) is 0 Å². The van der Waals surface area contributed by atoms with E-state index in [-0.39, 0.29) is 11.9 Å². The zero-order valence-electron chi connectivity index (χ0n) is 12.2. The van der Waals surface area contributed by atoms with Crippen molar-refractivity contribution in [3.05, 3.63) is 0 Å². The molecule has 2 atom stereocenters. The van der Waals surface area contributed by atoms with Gasteiger partial charge < -0.3 is 14.9 Å². The average Bonchev–Trinajstić information content (AvgIpc) is 2.22. The van der Waals surface area contributed by atoms with Gasteiger partial charge in [0.2, 0.25) is 11.9 Å². The molecule has 0 bridgehead atoms. The van der Waals surface area contributed by atoms with E-state index in [1.165, 1.54) is 0 Å². The first-order valence-corrected chi connectivity index (χ1v) is 6.57. The molecule has 5 nitrogen and oxygen atoms in total. The van der Waals surface area contributed by atoms with Crippen molar-refractivity contribution in [3.8, 4) is 0 Å². The van der Waals surface area contributed by atoms with Crippen LogP contribution in [-0.2, 0) is 9.59 Å². The number of hydrogen-bond acceptors (Lipinski definition) is 2. The van der Waals surface area contributed by atoms with Gasteiger partial charge in [0.25, 0.3) is 0 Å². The summed E-state index contributed by atoms with van der Waals surface area (Å²) in [7, 11) is 5.50. The molecule has 0 aromatic rings. The fourth-order valence-electron chi connectivity index (χ4n) is 2.06. The molecule has 0 radical (unpaired) electrons. The van der Waals surface area contributed by atoms with Gasteiger partial charge in [0, 0.05) is 6.42 Å². The second-order valence-electron chi connectivity index (χ2n) is 5.59. The van der Waals surface area contributed by atoms with Crippen molar-refractivity contribution in [2.45, 2.75) is 51.6 Å². The molecule has 18 heavy (non-hydrogen) atoms. The highest BCUT2D eigenvalue weighted by Gasteiger charge is 2.39. The lowest BCUT2D eigenvalue weighted by molar-refractivity contribution is -0.888. The van der Waals surface area contributed by atoms with Crippen LogP contribution in [0.15, 0.2) is 0 Å². The Morgan fingerprint density at radius 2 is 1.78 bits per heavy atom. The maximum absolute atomic E-state index is 11.7. The average molecular weight is 259 g/mol. The number of carboxylic acids is 1. The monoisotopic (exact) mass is 259 g/mol. The Balaban J connectivity index is 4.72. The van der Waals surface area contributed by atoms with Gasteiger partial charge in [-0.15, -0.1) is 0 Å². The smallest absolute Gasteiger partial charge is 0.364 e. The number of unbranched alkanes of at least 4 members (excludes halogenated alkanes) is 1. The van der Waals surface area contributed by atoms with Gasteiger partial charge in [0.15, 0.2) is 0 Å². The predicted molar refractivity (Wildman–Crippen MR) is 71.2 cm³/mol. The first kappa shape index (κ1) is 16.9. The van der Waals surface area contributed by atoms with Crippen molar-refractivity contribution >= 4 is 11.9 Å². The largest absolute Gasteiger partial charge is 0.477 e. The highest BCUT2D eigenvalue weighted by molar-refractivity contribution is 5.78. The number of nitrogens with zero attached hydrogens (tertiary/aromatic N) is 1. The Bertz CT molecular complexity index is 284. The molecular formula is C13H27N2O3+. The first-order chi connectivity index (χ1) is 8.23. The van der Waals surface area contributed by atoms with E-state index in [9.17, 15) is 14.7 Å². The third-order valence-electron chi connectivity index (χ3n) is 3.01. The normalized spacial score (nSPS) is 14.9.